The fraction of sp³-hybridized carbons (Fsp3) is 0.125. The van der Waals surface area contributed by atoms with Crippen LogP contribution in [0.1, 0.15) is 15.9 Å². The third kappa shape index (κ3) is 4.00. The number of rotatable bonds is 4. The summed E-state index contributed by atoms with van der Waals surface area (Å²) >= 11 is 12.1. The SMILES string of the molecule is CNC(=O)c1cccc(NC(=O)Cc2c(Cl)cccc2Cl)c1. The first-order chi connectivity index (χ1) is 10.5. The number of hydrogen-bond donors (Lipinski definition) is 2. The normalized spacial score (nSPS) is 10.1. The molecule has 2 rings (SSSR count). The number of anilines is 1. The van der Waals surface area contributed by atoms with Gasteiger partial charge >= 0.3 is 0 Å². The first-order valence-corrected chi connectivity index (χ1v) is 7.31. The van der Waals surface area contributed by atoms with Gasteiger partial charge in [0.2, 0.25) is 5.91 Å². The predicted octanol–water partition coefficient (Wildman–Crippen LogP) is 3.53. The third-order valence-electron chi connectivity index (χ3n) is 3.03. The number of halogens is 2. The van der Waals surface area contributed by atoms with Gasteiger partial charge in [0.05, 0.1) is 6.42 Å². The van der Waals surface area contributed by atoms with E-state index in [1.54, 1.807) is 49.5 Å². The highest BCUT2D eigenvalue weighted by molar-refractivity contribution is 6.36. The molecule has 2 aromatic rings. The number of amides is 2. The average molecular weight is 337 g/mol. The van der Waals surface area contributed by atoms with Gasteiger partial charge in [0, 0.05) is 28.3 Å². The highest BCUT2D eigenvalue weighted by Crippen LogP contribution is 2.25. The van der Waals surface area contributed by atoms with Crippen molar-refractivity contribution < 1.29 is 9.59 Å². The maximum absolute atomic E-state index is 12.1. The standard InChI is InChI=1S/C16H14Cl2N2O2/c1-19-16(22)10-4-2-5-11(8-10)20-15(21)9-12-13(17)6-3-7-14(12)18/h2-8H,9H2,1H3,(H,19,22)(H,20,21). The van der Waals surface area contributed by atoms with Gasteiger partial charge in [-0.2, -0.15) is 0 Å². The Morgan fingerprint density at radius 1 is 1.05 bits per heavy atom. The van der Waals surface area contributed by atoms with E-state index in [4.69, 9.17) is 23.2 Å². The third-order valence-corrected chi connectivity index (χ3v) is 3.74. The second-order valence-electron chi connectivity index (χ2n) is 4.59. The van der Waals surface area contributed by atoms with E-state index in [9.17, 15) is 9.59 Å². The Morgan fingerprint density at radius 2 is 1.68 bits per heavy atom. The minimum Gasteiger partial charge on any atom is -0.355 e. The summed E-state index contributed by atoms with van der Waals surface area (Å²) in [6.07, 6.45) is 0.0582. The Kier molecular flexibility index (Phi) is 5.41. The van der Waals surface area contributed by atoms with E-state index in [-0.39, 0.29) is 18.2 Å². The first-order valence-electron chi connectivity index (χ1n) is 6.56. The summed E-state index contributed by atoms with van der Waals surface area (Å²) in [5, 5.41) is 6.15. The maximum Gasteiger partial charge on any atom is 0.251 e. The van der Waals surface area contributed by atoms with E-state index in [0.29, 0.717) is 26.9 Å². The molecule has 2 N–H and O–H groups in total. The lowest BCUT2D eigenvalue weighted by atomic mass is 10.1. The van der Waals surface area contributed by atoms with Gasteiger partial charge in [-0.3, -0.25) is 9.59 Å². The maximum atomic E-state index is 12.1. The van der Waals surface area contributed by atoms with Crippen molar-refractivity contribution >= 4 is 40.7 Å². The molecule has 2 amide bonds. The van der Waals surface area contributed by atoms with Crippen molar-refractivity contribution in [2.75, 3.05) is 12.4 Å². The zero-order valence-electron chi connectivity index (χ0n) is 11.8. The van der Waals surface area contributed by atoms with E-state index in [0.717, 1.165) is 0 Å². The summed E-state index contributed by atoms with van der Waals surface area (Å²) in [7, 11) is 1.55. The summed E-state index contributed by atoms with van der Waals surface area (Å²) in [4.78, 5) is 23.7. The molecular formula is C16H14Cl2N2O2. The largest absolute Gasteiger partial charge is 0.355 e. The van der Waals surface area contributed by atoms with Crippen molar-refractivity contribution in [3.63, 3.8) is 0 Å². The number of nitrogens with one attached hydrogen (secondary N) is 2. The number of benzene rings is 2. The summed E-state index contributed by atoms with van der Waals surface area (Å²) in [5.41, 5.74) is 1.58. The molecule has 0 unspecified atom stereocenters. The summed E-state index contributed by atoms with van der Waals surface area (Å²) in [6, 6.07) is 11.8. The van der Waals surface area contributed by atoms with Crippen molar-refractivity contribution in [1.29, 1.82) is 0 Å². The van der Waals surface area contributed by atoms with Crippen LogP contribution in [0.25, 0.3) is 0 Å². The fourth-order valence-electron chi connectivity index (χ4n) is 1.95. The van der Waals surface area contributed by atoms with Crippen molar-refractivity contribution in [2.24, 2.45) is 0 Å². The monoisotopic (exact) mass is 336 g/mol. The van der Waals surface area contributed by atoms with Gasteiger partial charge in [-0.1, -0.05) is 35.3 Å². The van der Waals surface area contributed by atoms with Gasteiger partial charge in [-0.15, -0.1) is 0 Å². The number of hydrogen-bond acceptors (Lipinski definition) is 2. The van der Waals surface area contributed by atoms with Gasteiger partial charge in [-0.25, -0.2) is 0 Å². The molecule has 0 saturated heterocycles. The average Bonchev–Trinajstić information content (AvgIpc) is 2.50. The van der Waals surface area contributed by atoms with Crippen LogP contribution in [0, 0.1) is 0 Å². The van der Waals surface area contributed by atoms with Crippen LogP contribution in [0.15, 0.2) is 42.5 Å². The molecule has 114 valence electrons. The van der Waals surface area contributed by atoms with Crippen LogP contribution in [0.2, 0.25) is 10.0 Å². The van der Waals surface area contributed by atoms with Crippen molar-refractivity contribution in [2.45, 2.75) is 6.42 Å². The Balaban J connectivity index is 2.11. The fourth-order valence-corrected chi connectivity index (χ4v) is 2.48. The molecule has 0 aliphatic heterocycles. The molecular weight excluding hydrogens is 323 g/mol. The van der Waals surface area contributed by atoms with Gasteiger partial charge < -0.3 is 10.6 Å². The highest BCUT2D eigenvalue weighted by atomic mass is 35.5. The van der Waals surface area contributed by atoms with Crippen LogP contribution in [0.3, 0.4) is 0 Å². The predicted molar refractivity (Wildman–Crippen MR) is 88.6 cm³/mol. The van der Waals surface area contributed by atoms with Crippen molar-refractivity contribution in [3.05, 3.63) is 63.6 Å². The van der Waals surface area contributed by atoms with Crippen LogP contribution >= 0.6 is 23.2 Å². The van der Waals surface area contributed by atoms with E-state index in [1.165, 1.54) is 0 Å². The molecule has 0 bridgehead atoms. The Morgan fingerprint density at radius 3 is 2.32 bits per heavy atom. The summed E-state index contributed by atoms with van der Waals surface area (Å²) in [5.74, 6) is -0.477. The van der Waals surface area contributed by atoms with Crippen LogP contribution in [0.5, 0.6) is 0 Å². The molecule has 4 nitrogen and oxygen atoms in total. The van der Waals surface area contributed by atoms with Crippen LogP contribution in [-0.2, 0) is 11.2 Å². The Labute approximate surface area is 138 Å². The second-order valence-corrected chi connectivity index (χ2v) is 5.40. The smallest absolute Gasteiger partial charge is 0.251 e. The topological polar surface area (TPSA) is 58.2 Å². The summed E-state index contributed by atoms with van der Waals surface area (Å²) in [6.45, 7) is 0. The number of carbonyl (C=O) groups excluding carboxylic acids is 2. The molecule has 6 heteroatoms. The van der Waals surface area contributed by atoms with Crippen molar-refractivity contribution in [3.8, 4) is 0 Å². The van der Waals surface area contributed by atoms with Gasteiger partial charge in [0.25, 0.3) is 5.91 Å². The Hall–Kier alpha value is -2.04. The van der Waals surface area contributed by atoms with E-state index in [1.807, 2.05) is 0 Å². The van der Waals surface area contributed by atoms with Gasteiger partial charge in [0.1, 0.15) is 0 Å². The van der Waals surface area contributed by atoms with E-state index in [2.05, 4.69) is 10.6 Å². The lowest BCUT2D eigenvalue weighted by molar-refractivity contribution is -0.115. The van der Waals surface area contributed by atoms with Crippen LogP contribution < -0.4 is 10.6 Å². The van der Waals surface area contributed by atoms with E-state index < -0.39 is 0 Å². The lowest BCUT2D eigenvalue weighted by Crippen LogP contribution is -2.19. The molecule has 22 heavy (non-hydrogen) atoms. The molecule has 0 aromatic heterocycles. The number of carbonyl (C=O) groups is 2. The van der Waals surface area contributed by atoms with Gasteiger partial charge in [-0.05, 0) is 35.9 Å². The minimum absolute atomic E-state index is 0.0582. The molecule has 0 aliphatic carbocycles. The van der Waals surface area contributed by atoms with Crippen molar-refractivity contribution in [1.82, 2.24) is 5.32 Å². The molecule has 0 heterocycles. The summed E-state index contributed by atoms with van der Waals surface area (Å²) < 4.78 is 0. The molecule has 0 fully saturated rings. The molecule has 0 aliphatic rings. The molecule has 2 aromatic carbocycles. The molecule has 0 spiro atoms. The van der Waals surface area contributed by atoms with Crippen LogP contribution in [0.4, 0.5) is 5.69 Å². The molecule has 0 radical (unpaired) electrons. The van der Waals surface area contributed by atoms with Crippen LogP contribution in [-0.4, -0.2) is 18.9 Å². The van der Waals surface area contributed by atoms with Gasteiger partial charge in [0.15, 0.2) is 0 Å². The highest BCUT2D eigenvalue weighted by Gasteiger charge is 2.12. The zero-order valence-corrected chi connectivity index (χ0v) is 13.3. The Bertz CT molecular complexity index is 697. The lowest BCUT2D eigenvalue weighted by Gasteiger charge is -2.09. The minimum atomic E-state index is -0.260. The molecule has 0 saturated carbocycles. The van der Waals surface area contributed by atoms with E-state index >= 15 is 0 Å². The first kappa shape index (κ1) is 16.3. The zero-order chi connectivity index (χ0) is 16.1. The molecule has 0 atom stereocenters. The second kappa shape index (κ2) is 7.29. The quantitative estimate of drug-likeness (QED) is 0.897.